The lowest BCUT2D eigenvalue weighted by Gasteiger charge is -2.11. The summed E-state index contributed by atoms with van der Waals surface area (Å²) in [6, 6.07) is 3.68. The van der Waals surface area contributed by atoms with E-state index in [0.29, 0.717) is 5.84 Å². The van der Waals surface area contributed by atoms with E-state index in [1.54, 1.807) is 0 Å². The standard InChI is InChI=1S/C13H14F3N3O/c1-19-8-2-3-11(19)18-12(20)17-10-6-4-9(5-7-10)13(14,15)16/h4-7H,2-3,8H2,1H3,(H,17,20)/b18-11+. The quantitative estimate of drug-likeness (QED) is 0.860. The average Bonchev–Trinajstić information content (AvgIpc) is 2.74. The van der Waals surface area contributed by atoms with Crippen LogP contribution in [0.15, 0.2) is 29.3 Å². The van der Waals surface area contributed by atoms with E-state index in [2.05, 4.69) is 10.3 Å². The number of hydrogen-bond acceptors (Lipinski definition) is 1. The molecule has 2 amide bonds. The van der Waals surface area contributed by atoms with Gasteiger partial charge in [-0.2, -0.15) is 18.2 Å². The predicted molar refractivity (Wildman–Crippen MR) is 69.8 cm³/mol. The molecule has 7 heteroatoms. The molecule has 1 aliphatic rings. The van der Waals surface area contributed by atoms with Gasteiger partial charge in [0.05, 0.1) is 5.56 Å². The van der Waals surface area contributed by atoms with Crippen molar-refractivity contribution in [3.05, 3.63) is 29.8 Å². The molecule has 1 aliphatic heterocycles. The molecule has 0 aliphatic carbocycles. The van der Waals surface area contributed by atoms with Crippen molar-refractivity contribution in [2.75, 3.05) is 18.9 Å². The molecule has 0 bridgehead atoms. The number of amidine groups is 1. The Balaban J connectivity index is 2.01. The van der Waals surface area contributed by atoms with Crippen LogP contribution in [0.3, 0.4) is 0 Å². The molecule has 1 saturated heterocycles. The summed E-state index contributed by atoms with van der Waals surface area (Å²) in [7, 11) is 1.84. The van der Waals surface area contributed by atoms with Gasteiger partial charge in [-0.3, -0.25) is 0 Å². The van der Waals surface area contributed by atoms with Gasteiger partial charge in [-0.05, 0) is 30.7 Å². The normalized spacial score (nSPS) is 17.6. The van der Waals surface area contributed by atoms with Gasteiger partial charge in [0.2, 0.25) is 0 Å². The average molecular weight is 285 g/mol. The number of rotatable bonds is 1. The van der Waals surface area contributed by atoms with Crippen LogP contribution in [0.4, 0.5) is 23.7 Å². The Morgan fingerprint density at radius 3 is 2.45 bits per heavy atom. The lowest BCUT2D eigenvalue weighted by Crippen LogP contribution is -2.21. The molecule has 4 nitrogen and oxygen atoms in total. The summed E-state index contributed by atoms with van der Waals surface area (Å²) in [5, 5.41) is 2.45. The van der Waals surface area contributed by atoms with E-state index < -0.39 is 17.8 Å². The Morgan fingerprint density at radius 1 is 1.30 bits per heavy atom. The first kappa shape index (κ1) is 14.4. The van der Waals surface area contributed by atoms with Crippen molar-refractivity contribution < 1.29 is 18.0 Å². The molecule has 1 fully saturated rings. The summed E-state index contributed by atoms with van der Waals surface area (Å²) in [6.07, 6.45) is -2.70. The highest BCUT2D eigenvalue weighted by Gasteiger charge is 2.30. The number of halogens is 3. The molecule has 1 aromatic carbocycles. The summed E-state index contributed by atoms with van der Waals surface area (Å²) in [5.74, 6) is 0.689. The first-order valence-corrected chi connectivity index (χ1v) is 6.13. The minimum atomic E-state index is -4.38. The number of carbonyl (C=O) groups is 1. The smallest absolute Gasteiger partial charge is 0.363 e. The number of urea groups is 1. The van der Waals surface area contributed by atoms with E-state index >= 15 is 0 Å². The van der Waals surface area contributed by atoms with Gasteiger partial charge in [0, 0.05) is 25.7 Å². The lowest BCUT2D eigenvalue weighted by atomic mass is 10.2. The molecule has 1 N–H and O–H groups in total. The Kier molecular flexibility index (Phi) is 3.96. The van der Waals surface area contributed by atoms with E-state index in [4.69, 9.17) is 0 Å². The van der Waals surface area contributed by atoms with Crippen molar-refractivity contribution in [3.63, 3.8) is 0 Å². The number of benzene rings is 1. The number of hydrogen-bond donors (Lipinski definition) is 1. The van der Waals surface area contributed by atoms with Crippen molar-refractivity contribution in [2.24, 2.45) is 4.99 Å². The molecule has 0 radical (unpaired) electrons. The molecule has 0 unspecified atom stereocenters. The van der Waals surface area contributed by atoms with Crippen LogP contribution in [0.5, 0.6) is 0 Å². The van der Waals surface area contributed by atoms with E-state index in [9.17, 15) is 18.0 Å². The van der Waals surface area contributed by atoms with Gasteiger partial charge in [0.1, 0.15) is 5.84 Å². The van der Waals surface area contributed by atoms with E-state index in [1.165, 1.54) is 12.1 Å². The van der Waals surface area contributed by atoms with Gasteiger partial charge >= 0.3 is 12.2 Å². The highest BCUT2D eigenvalue weighted by atomic mass is 19.4. The molecule has 0 spiro atoms. The maximum Gasteiger partial charge on any atom is 0.416 e. The summed E-state index contributed by atoms with van der Waals surface area (Å²) in [5.41, 5.74) is -0.467. The molecule has 20 heavy (non-hydrogen) atoms. The Labute approximate surface area is 114 Å². The monoisotopic (exact) mass is 285 g/mol. The zero-order valence-electron chi connectivity index (χ0n) is 10.9. The molecule has 1 aromatic rings. The lowest BCUT2D eigenvalue weighted by molar-refractivity contribution is -0.137. The number of nitrogens with zero attached hydrogens (tertiary/aromatic N) is 2. The number of anilines is 1. The highest BCUT2D eigenvalue weighted by molar-refractivity contribution is 6.00. The maximum atomic E-state index is 12.4. The summed E-state index contributed by atoms with van der Waals surface area (Å²) >= 11 is 0. The Morgan fingerprint density at radius 2 is 1.95 bits per heavy atom. The third-order valence-corrected chi connectivity index (χ3v) is 3.03. The topological polar surface area (TPSA) is 44.7 Å². The summed E-state index contributed by atoms with van der Waals surface area (Å²) in [4.78, 5) is 17.4. The van der Waals surface area contributed by atoms with Gasteiger partial charge in [0.15, 0.2) is 0 Å². The molecular formula is C13H14F3N3O. The highest BCUT2D eigenvalue weighted by Crippen LogP contribution is 2.29. The minimum Gasteiger partial charge on any atom is -0.363 e. The van der Waals surface area contributed by atoms with Gasteiger partial charge in [-0.25, -0.2) is 4.79 Å². The van der Waals surface area contributed by atoms with Crippen LogP contribution >= 0.6 is 0 Å². The third kappa shape index (κ3) is 3.49. The van der Waals surface area contributed by atoms with Gasteiger partial charge in [-0.15, -0.1) is 0 Å². The number of carbonyl (C=O) groups excluding carboxylic acids is 1. The van der Waals surface area contributed by atoms with Crippen LogP contribution in [-0.2, 0) is 6.18 Å². The van der Waals surface area contributed by atoms with Crippen molar-refractivity contribution in [1.82, 2.24) is 4.90 Å². The second-order valence-electron chi connectivity index (χ2n) is 4.56. The second-order valence-corrected chi connectivity index (χ2v) is 4.56. The third-order valence-electron chi connectivity index (χ3n) is 3.03. The minimum absolute atomic E-state index is 0.285. The summed E-state index contributed by atoms with van der Waals surface area (Å²) < 4.78 is 37.1. The Bertz CT molecular complexity index is 523. The SMILES string of the molecule is CN1CCC/C1=N\C(=O)Nc1ccc(C(F)(F)F)cc1. The van der Waals surface area contributed by atoms with Crippen LogP contribution in [0.25, 0.3) is 0 Å². The van der Waals surface area contributed by atoms with Crippen LogP contribution in [0, 0.1) is 0 Å². The maximum absolute atomic E-state index is 12.4. The number of alkyl halides is 3. The van der Waals surface area contributed by atoms with Crippen LogP contribution in [0.1, 0.15) is 18.4 Å². The molecule has 0 atom stereocenters. The van der Waals surface area contributed by atoms with E-state index in [-0.39, 0.29) is 5.69 Å². The van der Waals surface area contributed by atoms with E-state index in [0.717, 1.165) is 31.5 Å². The zero-order chi connectivity index (χ0) is 14.8. The first-order chi connectivity index (χ1) is 9.36. The van der Waals surface area contributed by atoms with Gasteiger partial charge in [0.25, 0.3) is 0 Å². The first-order valence-electron chi connectivity index (χ1n) is 6.13. The van der Waals surface area contributed by atoms with Crippen LogP contribution in [-0.4, -0.2) is 30.4 Å². The van der Waals surface area contributed by atoms with Crippen molar-refractivity contribution in [2.45, 2.75) is 19.0 Å². The molecule has 108 valence electrons. The van der Waals surface area contributed by atoms with E-state index in [1.807, 2.05) is 11.9 Å². The molecule has 0 saturated carbocycles. The number of aliphatic imine (C=N–C) groups is 1. The van der Waals surface area contributed by atoms with Gasteiger partial charge < -0.3 is 10.2 Å². The zero-order valence-corrected chi connectivity index (χ0v) is 10.9. The van der Waals surface area contributed by atoms with Gasteiger partial charge in [-0.1, -0.05) is 0 Å². The van der Waals surface area contributed by atoms with Crippen molar-refractivity contribution >= 4 is 17.6 Å². The van der Waals surface area contributed by atoms with Crippen LogP contribution < -0.4 is 5.32 Å². The Hall–Kier alpha value is -2.05. The largest absolute Gasteiger partial charge is 0.416 e. The molecule has 0 aromatic heterocycles. The number of nitrogens with one attached hydrogen (secondary N) is 1. The summed E-state index contributed by atoms with van der Waals surface area (Å²) in [6.45, 7) is 0.854. The fraction of sp³-hybridized carbons (Fsp3) is 0.385. The molecule has 2 rings (SSSR count). The number of likely N-dealkylation sites (tertiary alicyclic amines) is 1. The fourth-order valence-electron chi connectivity index (χ4n) is 1.95. The number of amides is 2. The fourth-order valence-corrected chi connectivity index (χ4v) is 1.95. The van der Waals surface area contributed by atoms with Crippen molar-refractivity contribution in [1.29, 1.82) is 0 Å². The molecule has 1 heterocycles. The molecular weight excluding hydrogens is 271 g/mol. The second kappa shape index (κ2) is 5.52. The predicted octanol–water partition coefficient (Wildman–Crippen LogP) is 3.36. The van der Waals surface area contributed by atoms with Crippen LogP contribution in [0.2, 0.25) is 0 Å². The van der Waals surface area contributed by atoms with Crippen molar-refractivity contribution in [3.8, 4) is 0 Å².